The summed E-state index contributed by atoms with van der Waals surface area (Å²) >= 11 is 1.84. The molecule has 2 nitrogen and oxygen atoms in total. The molecule has 3 heteroatoms. The Morgan fingerprint density at radius 3 is 3.12 bits per heavy atom. The van der Waals surface area contributed by atoms with Gasteiger partial charge in [-0.2, -0.15) is 0 Å². The van der Waals surface area contributed by atoms with Crippen molar-refractivity contribution in [2.45, 2.75) is 44.8 Å². The highest BCUT2D eigenvalue weighted by molar-refractivity contribution is 7.09. The Bertz CT molecular complexity index is 304. The number of hydrogen-bond acceptors (Lipinski definition) is 3. The zero-order chi connectivity index (χ0) is 11.4. The molecule has 2 unspecified atom stereocenters. The third-order valence-corrected chi connectivity index (χ3v) is 4.11. The van der Waals surface area contributed by atoms with E-state index < -0.39 is 0 Å². The summed E-state index contributed by atoms with van der Waals surface area (Å²) in [5.41, 5.74) is 0.0731. The van der Waals surface area contributed by atoms with Crippen LogP contribution in [-0.2, 0) is 11.2 Å². The van der Waals surface area contributed by atoms with Crippen molar-refractivity contribution in [3.05, 3.63) is 22.4 Å². The molecule has 0 aromatic carbocycles. The van der Waals surface area contributed by atoms with Crippen LogP contribution in [0.25, 0.3) is 0 Å². The highest BCUT2D eigenvalue weighted by atomic mass is 32.1. The quantitative estimate of drug-likeness (QED) is 0.853. The Balaban J connectivity index is 1.73. The Hall–Kier alpha value is -0.380. The summed E-state index contributed by atoms with van der Waals surface area (Å²) in [6, 6.07) is 4.85. The van der Waals surface area contributed by atoms with E-state index in [0.717, 1.165) is 19.6 Å². The monoisotopic (exact) mass is 239 g/mol. The van der Waals surface area contributed by atoms with E-state index in [1.165, 1.54) is 17.7 Å². The van der Waals surface area contributed by atoms with E-state index in [2.05, 4.69) is 36.7 Å². The van der Waals surface area contributed by atoms with E-state index in [0.29, 0.717) is 6.04 Å². The van der Waals surface area contributed by atoms with Crippen LogP contribution in [0.4, 0.5) is 0 Å². The number of nitrogens with one attached hydrogen (secondary N) is 1. The molecule has 1 aliphatic heterocycles. The molecule has 1 N–H and O–H groups in total. The lowest BCUT2D eigenvalue weighted by Gasteiger charge is -2.25. The second-order valence-electron chi connectivity index (χ2n) is 4.97. The van der Waals surface area contributed by atoms with Gasteiger partial charge in [-0.05, 0) is 44.6 Å². The summed E-state index contributed by atoms with van der Waals surface area (Å²) in [5, 5.41) is 5.73. The first-order chi connectivity index (χ1) is 7.68. The summed E-state index contributed by atoms with van der Waals surface area (Å²) in [4.78, 5) is 1.46. The molecular weight excluding hydrogens is 218 g/mol. The van der Waals surface area contributed by atoms with E-state index in [1.807, 2.05) is 11.3 Å². The average Bonchev–Trinajstić information content (AvgIpc) is 2.88. The van der Waals surface area contributed by atoms with Crippen LogP contribution in [0, 0.1) is 0 Å². The van der Waals surface area contributed by atoms with E-state index in [-0.39, 0.29) is 5.60 Å². The van der Waals surface area contributed by atoms with Gasteiger partial charge in [0.1, 0.15) is 0 Å². The Morgan fingerprint density at radius 1 is 1.62 bits per heavy atom. The molecule has 90 valence electrons. The molecule has 1 saturated heterocycles. The van der Waals surface area contributed by atoms with Crippen molar-refractivity contribution in [2.24, 2.45) is 0 Å². The fourth-order valence-corrected chi connectivity index (χ4v) is 3.00. The van der Waals surface area contributed by atoms with Gasteiger partial charge in [-0.1, -0.05) is 6.07 Å². The molecule has 1 fully saturated rings. The molecule has 0 saturated carbocycles. The predicted octanol–water partition coefficient (Wildman–Crippen LogP) is 2.84. The summed E-state index contributed by atoms with van der Waals surface area (Å²) in [5.74, 6) is 0. The van der Waals surface area contributed by atoms with E-state index in [9.17, 15) is 0 Å². The summed E-state index contributed by atoms with van der Waals surface area (Å²) in [6.45, 7) is 6.36. The van der Waals surface area contributed by atoms with Crippen LogP contribution < -0.4 is 5.32 Å². The molecule has 0 radical (unpaired) electrons. The van der Waals surface area contributed by atoms with E-state index in [4.69, 9.17) is 4.74 Å². The summed E-state index contributed by atoms with van der Waals surface area (Å²) in [7, 11) is 0. The highest BCUT2D eigenvalue weighted by Crippen LogP contribution is 2.24. The molecule has 0 aliphatic carbocycles. The lowest BCUT2D eigenvalue weighted by molar-refractivity contribution is 0.0191. The van der Waals surface area contributed by atoms with Gasteiger partial charge in [-0.3, -0.25) is 0 Å². The zero-order valence-electron chi connectivity index (χ0n) is 10.2. The third-order valence-electron chi connectivity index (χ3n) is 3.21. The second-order valence-corrected chi connectivity index (χ2v) is 6.00. The minimum atomic E-state index is 0.0731. The second kappa shape index (κ2) is 5.30. The third kappa shape index (κ3) is 3.30. The lowest BCUT2D eigenvalue weighted by atomic mass is 10.0. The molecule has 2 atom stereocenters. The van der Waals surface area contributed by atoms with Crippen molar-refractivity contribution in [1.82, 2.24) is 5.32 Å². The molecule has 2 rings (SSSR count). The smallest absolute Gasteiger partial charge is 0.0779 e. The molecule has 16 heavy (non-hydrogen) atoms. The lowest BCUT2D eigenvalue weighted by Crippen LogP contribution is -2.41. The van der Waals surface area contributed by atoms with Crippen LogP contribution in [0.15, 0.2) is 17.5 Å². The Kier molecular flexibility index (Phi) is 4.00. The van der Waals surface area contributed by atoms with Gasteiger partial charge in [-0.15, -0.1) is 11.3 Å². The van der Waals surface area contributed by atoms with Gasteiger partial charge in [0.05, 0.1) is 5.60 Å². The first-order valence-corrected chi connectivity index (χ1v) is 6.96. The first-order valence-electron chi connectivity index (χ1n) is 6.08. The number of hydrogen-bond donors (Lipinski definition) is 1. The maximum absolute atomic E-state index is 5.77. The van der Waals surface area contributed by atoms with Gasteiger partial charge in [-0.25, -0.2) is 0 Å². The van der Waals surface area contributed by atoms with Crippen LogP contribution >= 0.6 is 11.3 Å². The van der Waals surface area contributed by atoms with Gasteiger partial charge >= 0.3 is 0 Å². The number of ether oxygens (including phenoxy) is 1. The predicted molar refractivity (Wildman–Crippen MR) is 69.1 cm³/mol. The SMILES string of the molecule is CC(Cc1cccs1)NCC1(C)CCCO1. The standard InChI is InChI=1S/C13H21NOS/c1-11(9-12-5-3-8-16-12)14-10-13(2)6-4-7-15-13/h3,5,8,11,14H,4,6-7,9-10H2,1-2H3. The normalized spacial score (nSPS) is 27.1. The van der Waals surface area contributed by atoms with Gasteiger partial charge in [0.15, 0.2) is 0 Å². The maximum atomic E-state index is 5.77. The minimum Gasteiger partial charge on any atom is -0.374 e. The topological polar surface area (TPSA) is 21.3 Å². The fourth-order valence-electron chi connectivity index (χ4n) is 2.17. The highest BCUT2D eigenvalue weighted by Gasteiger charge is 2.29. The van der Waals surface area contributed by atoms with Crippen LogP contribution in [0.2, 0.25) is 0 Å². The molecule has 0 spiro atoms. The van der Waals surface area contributed by atoms with Crippen molar-refractivity contribution in [3.8, 4) is 0 Å². The number of thiophene rings is 1. The van der Waals surface area contributed by atoms with Gasteiger partial charge in [0, 0.05) is 24.1 Å². The van der Waals surface area contributed by atoms with Crippen molar-refractivity contribution >= 4 is 11.3 Å². The largest absolute Gasteiger partial charge is 0.374 e. The molecule has 1 aromatic heterocycles. The Labute approximate surface area is 102 Å². The van der Waals surface area contributed by atoms with Crippen molar-refractivity contribution in [3.63, 3.8) is 0 Å². The average molecular weight is 239 g/mol. The van der Waals surface area contributed by atoms with Crippen LogP contribution in [-0.4, -0.2) is 24.8 Å². The zero-order valence-corrected chi connectivity index (χ0v) is 11.0. The Morgan fingerprint density at radius 2 is 2.50 bits per heavy atom. The van der Waals surface area contributed by atoms with Crippen molar-refractivity contribution < 1.29 is 4.74 Å². The van der Waals surface area contributed by atoms with Gasteiger partial charge in [0.25, 0.3) is 0 Å². The summed E-state index contributed by atoms with van der Waals surface area (Å²) in [6.07, 6.45) is 3.51. The molecular formula is C13H21NOS. The minimum absolute atomic E-state index is 0.0731. The summed E-state index contributed by atoms with van der Waals surface area (Å²) < 4.78 is 5.77. The van der Waals surface area contributed by atoms with Gasteiger partial charge in [0.2, 0.25) is 0 Å². The molecule has 0 bridgehead atoms. The molecule has 2 heterocycles. The molecule has 1 aliphatic rings. The van der Waals surface area contributed by atoms with Crippen LogP contribution in [0.5, 0.6) is 0 Å². The van der Waals surface area contributed by atoms with Crippen LogP contribution in [0.1, 0.15) is 31.6 Å². The van der Waals surface area contributed by atoms with E-state index >= 15 is 0 Å². The molecule has 0 amide bonds. The fraction of sp³-hybridized carbons (Fsp3) is 0.692. The maximum Gasteiger partial charge on any atom is 0.0779 e. The first kappa shape index (κ1) is 12.1. The molecule has 1 aromatic rings. The van der Waals surface area contributed by atoms with E-state index in [1.54, 1.807) is 0 Å². The van der Waals surface area contributed by atoms with Crippen molar-refractivity contribution in [2.75, 3.05) is 13.2 Å². The van der Waals surface area contributed by atoms with Gasteiger partial charge < -0.3 is 10.1 Å². The number of rotatable bonds is 5. The van der Waals surface area contributed by atoms with Crippen molar-refractivity contribution in [1.29, 1.82) is 0 Å². The van der Waals surface area contributed by atoms with Crippen LogP contribution in [0.3, 0.4) is 0 Å².